The van der Waals surface area contributed by atoms with Crippen LogP contribution in [-0.4, -0.2) is 40.8 Å². The van der Waals surface area contributed by atoms with E-state index in [9.17, 15) is 14.7 Å². The lowest BCUT2D eigenvalue weighted by atomic mass is 9.90. The minimum absolute atomic E-state index is 0.142. The summed E-state index contributed by atoms with van der Waals surface area (Å²) in [7, 11) is 0. The molecule has 1 aromatic rings. The van der Waals surface area contributed by atoms with Gasteiger partial charge in [0.2, 0.25) is 5.91 Å². The van der Waals surface area contributed by atoms with Crippen LogP contribution in [0, 0.1) is 0 Å². The third-order valence-electron chi connectivity index (χ3n) is 3.44. The molecule has 1 aliphatic rings. The van der Waals surface area contributed by atoms with E-state index in [1.165, 1.54) is 18.2 Å². The lowest BCUT2D eigenvalue weighted by molar-refractivity contribution is -0.151. The summed E-state index contributed by atoms with van der Waals surface area (Å²) in [6.07, 6.45) is 3.35. The Bertz CT molecular complexity index is 544. The Morgan fingerprint density at radius 3 is 2.38 bits per heavy atom. The predicted molar refractivity (Wildman–Crippen MR) is 75.7 cm³/mol. The second-order valence-corrected chi connectivity index (χ2v) is 4.91. The Hall–Kier alpha value is -2.34. The molecule has 1 aliphatic heterocycles. The van der Waals surface area contributed by atoms with Gasteiger partial charge in [0.1, 0.15) is 11.3 Å². The van der Waals surface area contributed by atoms with Gasteiger partial charge in [-0.25, -0.2) is 4.79 Å². The molecule has 0 atom stereocenters. The summed E-state index contributed by atoms with van der Waals surface area (Å²) < 4.78 is 5.14. The van der Waals surface area contributed by atoms with Gasteiger partial charge in [0.05, 0.1) is 0 Å². The lowest BCUT2D eigenvalue weighted by Gasteiger charge is -2.33. The van der Waals surface area contributed by atoms with Crippen molar-refractivity contribution < 1.29 is 24.5 Å². The fourth-order valence-corrected chi connectivity index (χ4v) is 2.15. The molecular weight excluding hydrogens is 274 g/mol. The number of amides is 1. The van der Waals surface area contributed by atoms with E-state index in [0.29, 0.717) is 13.2 Å². The average Bonchev–Trinajstić information content (AvgIpc) is 2.47. The second kappa shape index (κ2) is 6.41. The molecule has 0 aromatic heterocycles. The molecule has 112 valence electrons. The molecule has 6 nitrogen and oxygen atoms in total. The highest BCUT2D eigenvalue weighted by atomic mass is 16.5. The van der Waals surface area contributed by atoms with E-state index in [4.69, 9.17) is 9.84 Å². The number of hydrogen-bond acceptors (Lipinski definition) is 4. The molecule has 0 spiro atoms. The van der Waals surface area contributed by atoms with Crippen LogP contribution in [-0.2, 0) is 14.3 Å². The van der Waals surface area contributed by atoms with Gasteiger partial charge in [-0.15, -0.1) is 0 Å². The van der Waals surface area contributed by atoms with E-state index in [1.807, 2.05) is 0 Å². The number of phenols is 1. The summed E-state index contributed by atoms with van der Waals surface area (Å²) in [5.74, 6) is -1.37. The summed E-state index contributed by atoms with van der Waals surface area (Å²) in [4.78, 5) is 23.3. The monoisotopic (exact) mass is 291 g/mol. The Kier molecular flexibility index (Phi) is 4.59. The molecular formula is C15H17NO5. The van der Waals surface area contributed by atoms with Gasteiger partial charge in [-0.3, -0.25) is 4.79 Å². The largest absolute Gasteiger partial charge is 0.508 e. The number of hydrogen-bond donors (Lipinski definition) is 3. The number of rotatable bonds is 4. The van der Waals surface area contributed by atoms with Gasteiger partial charge >= 0.3 is 5.97 Å². The third-order valence-corrected chi connectivity index (χ3v) is 3.44. The summed E-state index contributed by atoms with van der Waals surface area (Å²) >= 11 is 0. The Labute approximate surface area is 122 Å². The molecule has 1 aromatic carbocycles. The standard InChI is InChI=1S/C15H17NO5/c17-12-4-1-11(2-5-12)3-6-13(18)16-15(14(19)20)7-9-21-10-8-15/h1-6,17H,7-10H2,(H,16,18)(H,19,20)/b6-3+. The summed E-state index contributed by atoms with van der Waals surface area (Å²) in [5, 5.41) is 21.1. The first-order chi connectivity index (χ1) is 10.0. The van der Waals surface area contributed by atoms with Gasteiger partial charge in [-0.1, -0.05) is 12.1 Å². The smallest absolute Gasteiger partial charge is 0.329 e. The van der Waals surface area contributed by atoms with Crippen LogP contribution in [0.15, 0.2) is 30.3 Å². The molecule has 1 fully saturated rings. The molecule has 6 heteroatoms. The van der Waals surface area contributed by atoms with E-state index in [2.05, 4.69) is 5.32 Å². The van der Waals surface area contributed by atoms with E-state index < -0.39 is 17.4 Å². The van der Waals surface area contributed by atoms with Crippen LogP contribution in [0.25, 0.3) is 6.08 Å². The third kappa shape index (κ3) is 3.82. The van der Waals surface area contributed by atoms with E-state index in [-0.39, 0.29) is 18.6 Å². The minimum atomic E-state index is -1.26. The normalized spacial score (nSPS) is 17.5. The number of aliphatic carboxylic acids is 1. The Balaban J connectivity index is 2.02. The van der Waals surface area contributed by atoms with Crippen molar-refractivity contribution in [1.82, 2.24) is 5.32 Å². The molecule has 0 unspecified atom stereocenters. The van der Waals surface area contributed by atoms with E-state index in [0.717, 1.165) is 5.56 Å². The molecule has 1 heterocycles. The van der Waals surface area contributed by atoms with Crippen molar-refractivity contribution in [1.29, 1.82) is 0 Å². The van der Waals surface area contributed by atoms with Crippen molar-refractivity contribution in [3.05, 3.63) is 35.9 Å². The summed E-state index contributed by atoms with van der Waals surface area (Å²) in [5.41, 5.74) is -0.520. The van der Waals surface area contributed by atoms with Crippen molar-refractivity contribution in [3.63, 3.8) is 0 Å². The maximum Gasteiger partial charge on any atom is 0.329 e. The first-order valence-electron chi connectivity index (χ1n) is 6.62. The first kappa shape index (κ1) is 15.1. The number of carboxylic acid groups (broad SMARTS) is 1. The molecule has 0 bridgehead atoms. The number of ether oxygens (including phenoxy) is 1. The summed E-state index contributed by atoms with van der Waals surface area (Å²) in [6, 6.07) is 6.32. The molecule has 0 radical (unpaired) electrons. The highest BCUT2D eigenvalue weighted by molar-refractivity contribution is 5.95. The van der Waals surface area contributed by atoms with Crippen LogP contribution in [0.1, 0.15) is 18.4 Å². The van der Waals surface area contributed by atoms with Crippen molar-refractivity contribution in [2.75, 3.05) is 13.2 Å². The number of aromatic hydroxyl groups is 1. The van der Waals surface area contributed by atoms with Crippen LogP contribution in [0.4, 0.5) is 0 Å². The minimum Gasteiger partial charge on any atom is -0.508 e. The highest BCUT2D eigenvalue weighted by Gasteiger charge is 2.41. The molecule has 0 aliphatic carbocycles. The highest BCUT2D eigenvalue weighted by Crippen LogP contribution is 2.21. The van der Waals surface area contributed by atoms with Gasteiger partial charge in [-0.05, 0) is 23.8 Å². The molecule has 21 heavy (non-hydrogen) atoms. The molecule has 3 N–H and O–H groups in total. The number of carboxylic acids is 1. The Morgan fingerprint density at radius 1 is 1.19 bits per heavy atom. The van der Waals surface area contributed by atoms with Crippen LogP contribution in [0.5, 0.6) is 5.75 Å². The molecule has 1 amide bonds. The van der Waals surface area contributed by atoms with E-state index in [1.54, 1.807) is 18.2 Å². The van der Waals surface area contributed by atoms with Gasteiger partial charge < -0.3 is 20.3 Å². The zero-order valence-electron chi connectivity index (χ0n) is 11.4. The maximum atomic E-state index is 11.9. The number of carbonyl (C=O) groups excluding carboxylic acids is 1. The molecule has 2 rings (SSSR count). The fraction of sp³-hybridized carbons (Fsp3) is 0.333. The molecule has 1 saturated heterocycles. The predicted octanol–water partition coefficient (Wildman–Crippen LogP) is 1.16. The van der Waals surface area contributed by atoms with Gasteiger partial charge in [0, 0.05) is 32.1 Å². The molecule has 0 saturated carbocycles. The van der Waals surface area contributed by atoms with Crippen molar-refractivity contribution in [2.24, 2.45) is 0 Å². The van der Waals surface area contributed by atoms with Crippen molar-refractivity contribution in [2.45, 2.75) is 18.4 Å². The summed E-state index contributed by atoms with van der Waals surface area (Å²) in [6.45, 7) is 0.627. The quantitative estimate of drug-likeness (QED) is 0.723. The van der Waals surface area contributed by atoms with Gasteiger partial charge in [-0.2, -0.15) is 0 Å². The number of phenolic OH excluding ortho intramolecular Hbond substituents is 1. The maximum absolute atomic E-state index is 11.9. The zero-order chi connectivity index (χ0) is 15.3. The van der Waals surface area contributed by atoms with Gasteiger partial charge in [0.15, 0.2) is 0 Å². The Morgan fingerprint density at radius 2 is 1.81 bits per heavy atom. The van der Waals surface area contributed by atoms with Crippen molar-refractivity contribution in [3.8, 4) is 5.75 Å². The van der Waals surface area contributed by atoms with E-state index >= 15 is 0 Å². The lowest BCUT2D eigenvalue weighted by Crippen LogP contribution is -2.57. The number of nitrogens with one attached hydrogen (secondary N) is 1. The van der Waals surface area contributed by atoms with Crippen molar-refractivity contribution >= 4 is 18.0 Å². The van der Waals surface area contributed by atoms with Crippen LogP contribution in [0.3, 0.4) is 0 Å². The average molecular weight is 291 g/mol. The van der Waals surface area contributed by atoms with Crippen LogP contribution >= 0.6 is 0 Å². The SMILES string of the molecule is O=C(/C=C/c1ccc(O)cc1)NC1(C(=O)O)CCOCC1. The fourth-order valence-electron chi connectivity index (χ4n) is 2.15. The number of benzene rings is 1. The zero-order valence-corrected chi connectivity index (χ0v) is 11.4. The number of carbonyl (C=O) groups is 2. The second-order valence-electron chi connectivity index (χ2n) is 4.91. The van der Waals surface area contributed by atoms with Crippen LogP contribution in [0.2, 0.25) is 0 Å². The van der Waals surface area contributed by atoms with Gasteiger partial charge in [0.25, 0.3) is 0 Å². The first-order valence-corrected chi connectivity index (χ1v) is 6.62. The van der Waals surface area contributed by atoms with Crippen LogP contribution < -0.4 is 5.32 Å². The topological polar surface area (TPSA) is 95.9 Å².